The maximum atomic E-state index is 13.6. The van der Waals surface area contributed by atoms with Gasteiger partial charge >= 0.3 is 0 Å². The average molecular weight is 469 g/mol. The molecule has 1 unspecified atom stereocenters. The van der Waals surface area contributed by atoms with E-state index in [1.54, 1.807) is 24.3 Å². The minimum Gasteiger partial charge on any atom is -0.504 e. The molecule has 1 aliphatic rings. The number of thiazole rings is 1. The van der Waals surface area contributed by atoms with E-state index >= 15 is 0 Å². The molecular formula is C23H17ClN2O5S. The van der Waals surface area contributed by atoms with Gasteiger partial charge in [0.15, 0.2) is 22.1 Å². The van der Waals surface area contributed by atoms with Crippen LogP contribution in [0.3, 0.4) is 0 Å². The monoisotopic (exact) mass is 468 g/mol. The lowest BCUT2D eigenvalue weighted by Gasteiger charge is -2.23. The summed E-state index contributed by atoms with van der Waals surface area (Å²) in [5.41, 5.74) is 1.50. The molecular weight excluding hydrogens is 452 g/mol. The number of fused-ring (bicyclic) bond motifs is 2. The van der Waals surface area contributed by atoms with E-state index < -0.39 is 11.9 Å². The quantitative estimate of drug-likeness (QED) is 0.455. The number of carbonyl (C=O) groups is 1. The number of aromatic hydroxyl groups is 1. The van der Waals surface area contributed by atoms with Gasteiger partial charge in [0.25, 0.3) is 5.91 Å². The number of carbonyl (C=O) groups excluding carboxylic acids is 1. The molecule has 0 saturated heterocycles. The summed E-state index contributed by atoms with van der Waals surface area (Å²) < 4.78 is 11.2. The molecule has 0 radical (unpaired) electrons. The number of phenolic OH excluding ortho intramolecular Hbond substituents is 1. The van der Waals surface area contributed by atoms with Crippen LogP contribution in [0.1, 0.15) is 38.3 Å². The number of hydrogen-bond donors (Lipinski definition) is 1. The summed E-state index contributed by atoms with van der Waals surface area (Å²) in [6.45, 7) is 3.78. The van der Waals surface area contributed by atoms with Gasteiger partial charge in [0.1, 0.15) is 5.58 Å². The number of hydrogen-bond acceptors (Lipinski definition) is 7. The second-order valence-electron chi connectivity index (χ2n) is 7.46. The van der Waals surface area contributed by atoms with Crippen LogP contribution < -0.4 is 15.1 Å². The normalized spacial score (nSPS) is 15.4. The van der Waals surface area contributed by atoms with Gasteiger partial charge in [0, 0.05) is 9.90 Å². The van der Waals surface area contributed by atoms with Gasteiger partial charge in [-0.1, -0.05) is 17.7 Å². The van der Waals surface area contributed by atoms with Gasteiger partial charge in [-0.15, -0.1) is 11.3 Å². The summed E-state index contributed by atoms with van der Waals surface area (Å²) in [4.78, 5) is 34.1. The zero-order chi connectivity index (χ0) is 22.7. The zero-order valence-electron chi connectivity index (χ0n) is 17.3. The van der Waals surface area contributed by atoms with Crippen LogP contribution in [0.5, 0.6) is 11.5 Å². The number of nitrogens with zero attached hydrogens (tertiary/aromatic N) is 2. The standard InChI is InChI=1S/C23H17ClN2O5S/c1-10-11(2)32-23(25-10)26-19(12-4-6-15(27)17(8-12)30-3)18-20(28)14-9-13(24)5-7-16(14)31-21(18)22(26)29/h4-9,19,27H,1-3H3. The molecule has 7 nitrogen and oxygen atoms in total. The highest BCUT2D eigenvalue weighted by molar-refractivity contribution is 7.15. The second kappa shape index (κ2) is 7.36. The molecule has 0 spiro atoms. The zero-order valence-corrected chi connectivity index (χ0v) is 18.9. The SMILES string of the molecule is COc1cc(C2c3c(oc4ccc(Cl)cc4c3=O)C(=O)N2c2nc(C)c(C)s2)ccc1O. The first kappa shape index (κ1) is 20.5. The molecule has 32 heavy (non-hydrogen) atoms. The van der Waals surface area contributed by atoms with Crippen LogP contribution in [0.4, 0.5) is 5.13 Å². The molecule has 9 heteroatoms. The number of halogens is 1. The molecule has 5 rings (SSSR count). The van der Waals surface area contributed by atoms with Gasteiger partial charge in [-0.05, 0) is 49.7 Å². The van der Waals surface area contributed by atoms with Crippen LogP contribution >= 0.6 is 22.9 Å². The van der Waals surface area contributed by atoms with Crippen LogP contribution in [0.2, 0.25) is 5.02 Å². The molecule has 4 aromatic rings. The van der Waals surface area contributed by atoms with E-state index in [-0.39, 0.29) is 39.2 Å². The fraction of sp³-hybridized carbons (Fsp3) is 0.174. The van der Waals surface area contributed by atoms with Crippen molar-refractivity contribution in [1.82, 2.24) is 4.98 Å². The minimum atomic E-state index is -0.809. The second-order valence-corrected chi connectivity index (χ2v) is 9.08. The Balaban J connectivity index is 1.83. The van der Waals surface area contributed by atoms with Crippen molar-refractivity contribution in [3.8, 4) is 11.5 Å². The lowest BCUT2D eigenvalue weighted by atomic mass is 9.98. The average Bonchev–Trinajstić information content (AvgIpc) is 3.25. The molecule has 2 aromatic carbocycles. The summed E-state index contributed by atoms with van der Waals surface area (Å²) in [6.07, 6.45) is 0. The Labute approximate surface area is 191 Å². The highest BCUT2D eigenvalue weighted by Gasteiger charge is 2.45. The van der Waals surface area contributed by atoms with E-state index in [2.05, 4.69) is 4.98 Å². The summed E-state index contributed by atoms with van der Waals surface area (Å²) in [5.74, 6) is -0.319. The number of amides is 1. The molecule has 0 aliphatic carbocycles. The first-order chi connectivity index (χ1) is 15.3. The Morgan fingerprint density at radius 3 is 2.66 bits per heavy atom. The fourth-order valence-electron chi connectivity index (χ4n) is 3.88. The van der Waals surface area contributed by atoms with Crippen molar-refractivity contribution in [1.29, 1.82) is 0 Å². The highest BCUT2D eigenvalue weighted by atomic mass is 35.5. The Hall–Kier alpha value is -3.36. The van der Waals surface area contributed by atoms with E-state index in [0.29, 0.717) is 15.7 Å². The first-order valence-corrected chi connectivity index (χ1v) is 10.9. The van der Waals surface area contributed by atoms with Crippen LogP contribution in [0.25, 0.3) is 11.0 Å². The van der Waals surface area contributed by atoms with Crippen molar-refractivity contribution in [3.63, 3.8) is 0 Å². The van der Waals surface area contributed by atoms with Crippen molar-refractivity contribution in [2.24, 2.45) is 0 Å². The predicted molar refractivity (Wildman–Crippen MR) is 122 cm³/mol. The molecule has 2 aromatic heterocycles. The van der Waals surface area contributed by atoms with Crippen molar-refractivity contribution < 1.29 is 19.1 Å². The maximum absolute atomic E-state index is 13.6. The largest absolute Gasteiger partial charge is 0.504 e. The van der Waals surface area contributed by atoms with E-state index in [1.165, 1.54) is 35.5 Å². The van der Waals surface area contributed by atoms with E-state index in [1.807, 2.05) is 13.8 Å². The van der Waals surface area contributed by atoms with Crippen molar-refractivity contribution >= 4 is 44.9 Å². The van der Waals surface area contributed by atoms with Gasteiger partial charge in [0.2, 0.25) is 5.76 Å². The Morgan fingerprint density at radius 1 is 1.19 bits per heavy atom. The fourth-order valence-corrected chi connectivity index (χ4v) is 4.99. The molecule has 162 valence electrons. The maximum Gasteiger partial charge on any atom is 0.297 e. The van der Waals surface area contributed by atoms with Gasteiger partial charge in [-0.3, -0.25) is 14.5 Å². The topological polar surface area (TPSA) is 92.9 Å². The highest BCUT2D eigenvalue weighted by Crippen LogP contribution is 2.44. The van der Waals surface area contributed by atoms with Crippen molar-refractivity contribution in [3.05, 3.63) is 79.1 Å². The third-order valence-electron chi connectivity index (χ3n) is 5.58. The summed E-state index contributed by atoms with van der Waals surface area (Å²) in [5, 5.41) is 11.2. The number of methoxy groups -OCH3 is 1. The minimum absolute atomic E-state index is 0.0348. The molecule has 0 saturated carbocycles. The van der Waals surface area contributed by atoms with Gasteiger partial charge < -0.3 is 14.3 Å². The van der Waals surface area contributed by atoms with Crippen LogP contribution in [-0.2, 0) is 0 Å². The van der Waals surface area contributed by atoms with E-state index in [4.69, 9.17) is 20.8 Å². The molecule has 1 N–H and O–H groups in total. The van der Waals surface area contributed by atoms with Crippen molar-refractivity contribution in [2.45, 2.75) is 19.9 Å². The summed E-state index contributed by atoms with van der Waals surface area (Å²) in [7, 11) is 1.43. The van der Waals surface area contributed by atoms with Crippen LogP contribution in [0, 0.1) is 13.8 Å². The number of ether oxygens (including phenoxy) is 1. The number of aromatic nitrogens is 1. The first-order valence-electron chi connectivity index (χ1n) is 9.71. The third-order valence-corrected chi connectivity index (χ3v) is 6.88. The number of benzene rings is 2. The predicted octanol–water partition coefficient (Wildman–Crippen LogP) is 4.98. The van der Waals surface area contributed by atoms with Gasteiger partial charge in [0.05, 0.1) is 29.8 Å². The van der Waals surface area contributed by atoms with E-state index in [9.17, 15) is 14.7 Å². The smallest absolute Gasteiger partial charge is 0.297 e. The Kier molecular flexibility index (Phi) is 4.72. The van der Waals surface area contributed by atoms with Crippen LogP contribution in [-0.4, -0.2) is 23.1 Å². The summed E-state index contributed by atoms with van der Waals surface area (Å²) in [6, 6.07) is 8.61. The number of aryl methyl sites for hydroxylation is 2. The Morgan fingerprint density at radius 2 is 1.97 bits per heavy atom. The van der Waals surface area contributed by atoms with Gasteiger partial charge in [-0.25, -0.2) is 4.98 Å². The molecule has 3 heterocycles. The molecule has 0 bridgehead atoms. The molecule has 1 aliphatic heterocycles. The number of rotatable bonds is 3. The summed E-state index contributed by atoms with van der Waals surface area (Å²) >= 11 is 7.47. The van der Waals surface area contributed by atoms with E-state index in [0.717, 1.165) is 10.6 Å². The van der Waals surface area contributed by atoms with Gasteiger partial charge in [-0.2, -0.15) is 0 Å². The molecule has 1 amide bonds. The Bertz CT molecular complexity index is 1460. The number of anilines is 1. The third kappa shape index (κ3) is 2.98. The lowest BCUT2D eigenvalue weighted by Crippen LogP contribution is -2.29. The van der Waals surface area contributed by atoms with Crippen molar-refractivity contribution in [2.75, 3.05) is 12.0 Å². The lowest BCUT2D eigenvalue weighted by molar-refractivity contribution is 0.0971. The molecule has 1 atom stereocenters. The number of phenols is 1. The van der Waals surface area contributed by atoms with Crippen LogP contribution in [0.15, 0.2) is 45.6 Å². The molecule has 0 fully saturated rings.